The zero-order valence-corrected chi connectivity index (χ0v) is 16.0. The molecule has 0 aliphatic heterocycles. The number of aromatic amines is 1. The lowest BCUT2D eigenvalue weighted by Gasteiger charge is -2.09. The summed E-state index contributed by atoms with van der Waals surface area (Å²) in [5.41, 5.74) is 1.57. The molecular formula is C24H20N2O4. The molecule has 0 saturated carbocycles. The van der Waals surface area contributed by atoms with Crippen LogP contribution < -0.4 is 10.1 Å². The fraction of sp³-hybridized carbons (Fsp3) is 0.0417. The van der Waals surface area contributed by atoms with Crippen LogP contribution in [0, 0.1) is 0 Å². The molecule has 0 spiro atoms. The van der Waals surface area contributed by atoms with Crippen LogP contribution in [-0.4, -0.2) is 21.1 Å². The molecule has 0 bridgehead atoms. The number of hydrogen-bond donors (Lipinski definition) is 4. The Balaban J connectivity index is 1.51. The van der Waals surface area contributed by atoms with Crippen LogP contribution in [0.3, 0.4) is 0 Å². The highest BCUT2D eigenvalue weighted by Gasteiger charge is 2.23. The van der Waals surface area contributed by atoms with Crippen LogP contribution in [-0.2, 0) is 6.42 Å². The first kappa shape index (κ1) is 19.1. The highest BCUT2D eigenvalue weighted by molar-refractivity contribution is 6.08. The maximum atomic E-state index is 12.7. The van der Waals surface area contributed by atoms with E-state index in [4.69, 9.17) is 4.74 Å². The minimum atomic E-state index is -0.627. The summed E-state index contributed by atoms with van der Waals surface area (Å²) in [5, 5.41) is 23.4. The molecule has 6 heteroatoms. The van der Waals surface area contributed by atoms with Crippen molar-refractivity contribution in [3.05, 3.63) is 102 Å². The molecule has 0 aliphatic rings. The number of carbonyl (C=O) groups excluding carboxylic acids is 1. The van der Waals surface area contributed by atoms with Crippen molar-refractivity contribution < 1.29 is 19.7 Å². The zero-order chi connectivity index (χ0) is 20.9. The Kier molecular flexibility index (Phi) is 5.39. The third-order valence-electron chi connectivity index (χ3n) is 4.55. The zero-order valence-electron chi connectivity index (χ0n) is 16.0. The molecule has 0 fully saturated rings. The normalized spacial score (nSPS) is 10.5. The topological polar surface area (TPSA) is 94.6 Å². The first-order valence-corrected chi connectivity index (χ1v) is 9.41. The average Bonchev–Trinajstić information content (AvgIpc) is 3.03. The predicted molar refractivity (Wildman–Crippen MR) is 114 cm³/mol. The largest absolute Gasteiger partial charge is 0.505 e. The molecule has 0 aliphatic carbocycles. The summed E-state index contributed by atoms with van der Waals surface area (Å²) >= 11 is 0. The Morgan fingerprint density at radius 1 is 0.867 bits per heavy atom. The molecule has 1 aromatic heterocycles. The van der Waals surface area contributed by atoms with Crippen molar-refractivity contribution in [2.75, 3.05) is 5.32 Å². The maximum Gasteiger partial charge on any atom is 0.264 e. The molecule has 0 unspecified atom stereocenters. The molecule has 4 aromatic rings. The molecule has 0 radical (unpaired) electrons. The van der Waals surface area contributed by atoms with Crippen molar-refractivity contribution in [1.29, 1.82) is 0 Å². The molecule has 3 aromatic carbocycles. The Hall–Kier alpha value is -4.19. The SMILES string of the molecule is O=C(Nc1cccc(Oc2ccccc2)c1)c1c(O)[nH]c(Cc2ccccc2)c1O. The second-order valence-electron chi connectivity index (χ2n) is 6.74. The predicted octanol–water partition coefficient (Wildman–Crippen LogP) is 5.06. The van der Waals surface area contributed by atoms with Crippen LogP contribution in [0.2, 0.25) is 0 Å². The van der Waals surface area contributed by atoms with Gasteiger partial charge in [0.15, 0.2) is 5.75 Å². The smallest absolute Gasteiger partial charge is 0.264 e. The Morgan fingerprint density at radius 3 is 2.27 bits per heavy atom. The Labute approximate surface area is 173 Å². The van der Waals surface area contributed by atoms with E-state index in [-0.39, 0.29) is 17.2 Å². The first-order chi connectivity index (χ1) is 14.6. The van der Waals surface area contributed by atoms with Crippen molar-refractivity contribution in [3.63, 3.8) is 0 Å². The van der Waals surface area contributed by atoms with Crippen molar-refractivity contribution >= 4 is 11.6 Å². The van der Waals surface area contributed by atoms with Gasteiger partial charge in [-0.25, -0.2) is 0 Å². The standard InChI is InChI=1S/C24H20N2O4/c27-22-20(14-16-8-3-1-4-9-16)26-24(29)21(22)23(28)25-17-10-7-13-19(15-17)30-18-11-5-2-6-12-18/h1-13,15,26-27,29H,14H2,(H,25,28). The summed E-state index contributed by atoms with van der Waals surface area (Å²) in [6.45, 7) is 0. The molecule has 30 heavy (non-hydrogen) atoms. The van der Waals surface area contributed by atoms with Crippen LogP contribution in [0.25, 0.3) is 0 Å². The highest BCUT2D eigenvalue weighted by Crippen LogP contribution is 2.33. The number of amides is 1. The lowest BCUT2D eigenvalue weighted by molar-refractivity contribution is 0.102. The van der Waals surface area contributed by atoms with Gasteiger partial charge in [-0.15, -0.1) is 0 Å². The summed E-state index contributed by atoms with van der Waals surface area (Å²) in [7, 11) is 0. The lowest BCUT2D eigenvalue weighted by atomic mass is 10.1. The van der Waals surface area contributed by atoms with Gasteiger partial charge in [0.1, 0.15) is 17.1 Å². The third kappa shape index (κ3) is 4.28. The molecule has 0 saturated heterocycles. The lowest BCUT2D eigenvalue weighted by Crippen LogP contribution is -2.11. The number of ether oxygens (including phenoxy) is 1. The molecule has 6 nitrogen and oxygen atoms in total. The van der Waals surface area contributed by atoms with Gasteiger partial charge in [0.25, 0.3) is 5.91 Å². The number of carbonyl (C=O) groups is 1. The van der Waals surface area contributed by atoms with E-state index >= 15 is 0 Å². The molecule has 0 atom stereocenters. The van der Waals surface area contributed by atoms with Crippen LogP contribution >= 0.6 is 0 Å². The van der Waals surface area contributed by atoms with Gasteiger partial charge < -0.3 is 25.3 Å². The number of H-pyrrole nitrogens is 1. The first-order valence-electron chi connectivity index (χ1n) is 9.41. The number of benzene rings is 3. The second kappa shape index (κ2) is 8.45. The number of para-hydroxylation sites is 1. The van der Waals surface area contributed by atoms with Gasteiger partial charge in [0.05, 0.1) is 5.69 Å². The molecule has 150 valence electrons. The van der Waals surface area contributed by atoms with Crippen molar-refractivity contribution in [3.8, 4) is 23.1 Å². The van der Waals surface area contributed by atoms with Crippen molar-refractivity contribution in [1.82, 2.24) is 4.98 Å². The van der Waals surface area contributed by atoms with E-state index < -0.39 is 5.91 Å². The summed E-state index contributed by atoms with van der Waals surface area (Å²) in [6, 6.07) is 25.6. The van der Waals surface area contributed by atoms with E-state index in [0.29, 0.717) is 29.3 Å². The van der Waals surface area contributed by atoms with Crippen molar-refractivity contribution in [2.24, 2.45) is 0 Å². The van der Waals surface area contributed by atoms with Gasteiger partial charge in [-0.05, 0) is 29.8 Å². The summed E-state index contributed by atoms with van der Waals surface area (Å²) in [4.78, 5) is 15.4. The monoisotopic (exact) mass is 400 g/mol. The summed E-state index contributed by atoms with van der Waals surface area (Å²) < 4.78 is 5.77. The van der Waals surface area contributed by atoms with E-state index in [1.165, 1.54) is 0 Å². The summed E-state index contributed by atoms with van der Waals surface area (Å²) in [6.07, 6.45) is 0.355. The van der Waals surface area contributed by atoms with Crippen LogP contribution in [0.1, 0.15) is 21.6 Å². The quantitative estimate of drug-likeness (QED) is 0.364. The van der Waals surface area contributed by atoms with Gasteiger partial charge in [0.2, 0.25) is 5.88 Å². The van der Waals surface area contributed by atoms with E-state index in [2.05, 4.69) is 10.3 Å². The number of aromatic hydroxyl groups is 2. The minimum Gasteiger partial charge on any atom is -0.505 e. The molecule has 1 heterocycles. The van der Waals surface area contributed by atoms with E-state index in [1.807, 2.05) is 60.7 Å². The van der Waals surface area contributed by atoms with Crippen LogP contribution in [0.15, 0.2) is 84.9 Å². The number of anilines is 1. The Bertz CT molecular complexity index is 1150. The van der Waals surface area contributed by atoms with E-state index in [1.54, 1.807) is 24.3 Å². The number of nitrogens with one attached hydrogen (secondary N) is 2. The Morgan fingerprint density at radius 2 is 1.53 bits per heavy atom. The molecular weight excluding hydrogens is 380 g/mol. The fourth-order valence-corrected chi connectivity index (χ4v) is 3.13. The van der Waals surface area contributed by atoms with E-state index in [9.17, 15) is 15.0 Å². The average molecular weight is 400 g/mol. The minimum absolute atomic E-state index is 0.199. The van der Waals surface area contributed by atoms with Gasteiger partial charge in [-0.1, -0.05) is 54.6 Å². The number of rotatable bonds is 6. The van der Waals surface area contributed by atoms with Gasteiger partial charge in [0, 0.05) is 18.2 Å². The maximum absolute atomic E-state index is 12.7. The van der Waals surface area contributed by atoms with Crippen LogP contribution in [0.5, 0.6) is 23.1 Å². The van der Waals surface area contributed by atoms with Crippen LogP contribution in [0.4, 0.5) is 5.69 Å². The third-order valence-corrected chi connectivity index (χ3v) is 4.55. The van der Waals surface area contributed by atoms with Gasteiger partial charge >= 0.3 is 0 Å². The second-order valence-corrected chi connectivity index (χ2v) is 6.74. The summed E-state index contributed by atoms with van der Waals surface area (Å²) in [5.74, 6) is -0.0608. The number of hydrogen-bond acceptors (Lipinski definition) is 4. The van der Waals surface area contributed by atoms with Gasteiger partial charge in [-0.2, -0.15) is 0 Å². The van der Waals surface area contributed by atoms with Gasteiger partial charge in [-0.3, -0.25) is 4.79 Å². The molecule has 4 rings (SSSR count). The van der Waals surface area contributed by atoms with Crippen molar-refractivity contribution in [2.45, 2.75) is 6.42 Å². The molecule has 4 N–H and O–H groups in total. The molecule has 1 amide bonds. The fourth-order valence-electron chi connectivity index (χ4n) is 3.13. The highest BCUT2D eigenvalue weighted by atomic mass is 16.5. The number of aromatic nitrogens is 1. The van der Waals surface area contributed by atoms with E-state index in [0.717, 1.165) is 5.56 Å².